The highest BCUT2D eigenvalue weighted by atomic mass is 79.9. The minimum Gasteiger partial charge on any atom is -0.478 e. The van der Waals surface area contributed by atoms with E-state index in [2.05, 4.69) is 36.7 Å². The predicted molar refractivity (Wildman–Crippen MR) is 78.4 cm³/mol. The Balaban J connectivity index is 3.23. The normalized spacial score (nSPS) is 13.2. The molecule has 1 aromatic carbocycles. The van der Waals surface area contributed by atoms with E-state index >= 15 is 0 Å². The van der Waals surface area contributed by atoms with E-state index in [1.165, 1.54) is 12.1 Å². The zero-order valence-electron chi connectivity index (χ0n) is 11.8. The zero-order valence-corrected chi connectivity index (χ0v) is 13.4. The third-order valence-corrected chi connectivity index (χ3v) is 4.28. The molecule has 0 heterocycles. The maximum atomic E-state index is 14.3. The van der Waals surface area contributed by atoms with Crippen molar-refractivity contribution in [3.8, 4) is 0 Å². The summed E-state index contributed by atoms with van der Waals surface area (Å²) in [7, 11) is 1.81. The van der Waals surface area contributed by atoms with Crippen LogP contribution in [0.4, 0.5) is 10.1 Å². The smallest absolute Gasteiger partial charge is 0.336 e. The first-order valence-electron chi connectivity index (χ1n) is 6.01. The number of carboxylic acid groups (broad SMARTS) is 1. The Bertz CT molecular complexity index is 497. The summed E-state index contributed by atoms with van der Waals surface area (Å²) in [5.74, 6) is -1.69. The Hall–Kier alpha value is -1.10. The largest absolute Gasteiger partial charge is 0.478 e. The molecule has 5 heteroatoms. The number of carboxylic acids is 1. The molecule has 1 rings (SSSR count). The lowest BCUT2D eigenvalue weighted by Crippen LogP contribution is -2.39. The molecule has 0 saturated heterocycles. The van der Waals surface area contributed by atoms with Gasteiger partial charge in [0, 0.05) is 13.1 Å². The summed E-state index contributed by atoms with van der Waals surface area (Å²) >= 11 is 3.02. The molecule has 0 bridgehead atoms. The van der Waals surface area contributed by atoms with E-state index in [0.29, 0.717) is 5.69 Å². The molecule has 0 aliphatic heterocycles. The van der Waals surface area contributed by atoms with Gasteiger partial charge in [-0.2, -0.15) is 0 Å². The van der Waals surface area contributed by atoms with Gasteiger partial charge in [-0.05, 0) is 40.4 Å². The van der Waals surface area contributed by atoms with Crippen LogP contribution in [0.25, 0.3) is 0 Å². The molecule has 0 saturated carbocycles. The molecule has 1 unspecified atom stereocenters. The maximum absolute atomic E-state index is 14.3. The second-order valence-corrected chi connectivity index (χ2v) is 6.51. The molecule has 1 aromatic rings. The van der Waals surface area contributed by atoms with Gasteiger partial charge in [0.2, 0.25) is 0 Å². The Labute approximate surface area is 121 Å². The molecule has 19 heavy (non-hydrogen) atoms. The van der Waals surface area contributed by atoms with Crippen molar-refractivity contribution in [1.82, 2.24) is 0 Å². The number of halogens is 2. The quantitative estimate of drug-likeness (QED) is 0.904. The number of anilines is 1. The molecule has 0 aliphatic rings. The standard InChI is InChI=1S/C14H19BrFNO2/c1-8(14(2,3)4)17(5)10-7-6-9(13(18)19)11(15)12(10)16/h6-8H,1-5H3,(H,18,19). The van der Waals surface area contributed by atoms with E-state index in [1.807, 2.05) is 11.8 Å². The average molecular weight is 332 g/mol. The highest BCUT2D eigenvalue weighted by Crippen LogP contribution is 2.33. The van der Waals surface area contributed by atoms with Crippen molar-refractivity contribution in [2.75, 3.05) is 11.9 Å². The van der Waals surface area contributed by atoms with E-state index in [1.54, 1.807) is 7.05 Å². The Morgan fingerprint density at radius 1 is 1.42 bits per heavy atom. The Kier molecular flexibility index (Phi) is 4.61. The van der Waals surface area contributed by atoms with Crippen LogP contribution >= 0.6 is 15.9 Å². The number of aromatic carboxylic acids is 1. The molecule has 1 N–H and O–H groups in total. The first-order valence-corrected chi connectivity index (χ1v) is 6.80. The molecule has 0 fully saturated rings. The first kappa shape index (κ1) is 16.0. The van der Waals surface area contributed by atoms with E-state index in [9.17, 15) is 9.18 Å². The number of hydrogen-bond donors (Lipinski definition) is 1. The lowest BCUT2D eigenvalue weighted by molar-refractivity contribution is 0.0695. The molecule has 0 spiro atoms. The van der Waals surface area contributed by atoms with Crippen LogP contribution in [0.3, 0.4) is 0 Å². The predicted octanol–water partition coefficient (Wildman–Crippen LogP) is 4.16. The van der Waals surface area contributed by atoms with Gasteiger partial charge in [-0.25, -0.2) is 9.18 Å². The molecule has 106 valence electrons. The summed E-state index contributed by atoms with van der Waals surface area (Å²) in [6.45, 7) is 8.24. The van der Waals surface area contributed by atoms with Gasteiger partial charge in [0.15, 0.2) is 5.82 Å². The van der Waals surface area contributed by atoms with Gasteiger partial charge in [0.25, 0.3) is 0 Å². The molecule has 3 nitrogen and oxygen atoms in total. The van der Waals surface area contributed by atoms with Crippen molar-refractivity contribution in [1.29, 1.82) is 0 Å². The van der Waals surface area contributed by atoms with Crippen molar-refractivity contribution < 1.29 is 14.3 Å². The minimum absolute atomic E-state index is 0.00883. The van der Waals surface area contributed by atoms with Crippen LogP contribution in [0.2, 0.25) is 0 Å². The fraction of sp³-hybridized carbons (Fsp3) is 0.500. The van der Waals surface area contributed by atoms with E-state index in [-0.39, 0.29) is 21.5 Å². The van der Waals surface area contributed by atoms with Crippen LogP contribution in [0.15, 0.2) is 16.6 Å². The summed E-state index contributed by atoms with van der Waals surface area (Å²) in [5.41, 5.74) is 0.302. The lowest BCUT2D eigenvalue weighted by Gasteiger charge is -2.37. The van der Waals surface area contributed by atoms with E-state index in [4.69, 9.17) is 5.11 Å². The molecule has 0 aromatic heterocycles. The Morgan fingerprint density at radius 2 is 1.95 bits per heavy atom. The van der Waals surface area contributed by atoms with Crippen LogP contribution in [0, 0.1) is 11.2 Å². The second kappa shape index (κ2) is 5.49. The van der Waals surface area contributed by atoms with Crippen molar-refractivity contribution in [3.05, 3.63) is 28.0 Å². The molecule has 1 atom stereocenters. The summed E-state index contributed by atoms with van der Waals surface area (Å²) in [5, 5.41) is 8.95. The molecule has 0 radical (unpaired) electrons. The number of carbonyl (C=O) groups is 1. The average Bonchev–Trinajstić information content (AvgIpc) is 2.29. The summed E-state index contributed by atoms with van der Waals surface area (Å²) < 4.78 is 14.3. The third-order valence-electron chi connectivity index (χ3n) is 3.51. The minimum atomic E-state index is -1.15. The fourth-order valence-electron chi connectivity index (χ4n) is 1.77. The van der Waals surface area contributed by atoms with Crippen LogP contribution in [0.1, 0.15) is 38.1 Å². The van der Waals surface area contributed by atoms with E-state index in [0.717, 1.165) is 0 Å². The number of rotatable bonds is 3. The highest BCUT2D eigenvalue weighted by Gasteiger charge is 2.27. The number of benzene rings is 1. The van der Waals surface area contributed by atoms with Gasteiger partial charge in [-0.3, -0.25) is 0 Å². The van der Waals surface area contributed by atoms with Crippen molar-refractivity contribution >= 4 is 27.6 Å². The topological polar surface area (TPSA) is 40.5 Å². The number of nitrogens with zero attached hydrogens (tertiary/aromatic N) is 1. The van der Waals surface area contributed by atoms with Crippen LogP contribution in [0.5, 0.6) is 0 Å². The number of hydrogen-bond acceptors (Lipinski definition) is 2. The molecule has 0 aliphatic carbocycles. The van der Waals surface area contributed by atoms with Gasteiger partial charge in [-0.1, -0.05) is 20.8 Å². The summed E-state index contributed by atoms with van der Waals surface area (Å²) in [6, 6.07) is 3.02. The van der Waals surface area contributed by atoms with Gasteiger partial charge in [-0.15, -0.1) is 0 Å². The van der Waals surface area contributed by atoms with Gasteiger partial charge >= 0.3 is 5.97 Å². The highest BCUT2D eigenvalue weighted by molar-refractivity contribution is 9.10. The van der Waals surface area contributed by atoms with Crippen molar-refractivity contribution in [2.45, 2.75) is 33.7 Å². The maximum Gasteiger partial charge on any atom is 0.336 e. The van der Waals surface area contributed by atoms with Gasteiger partial charge in [0.05, 0.1) is 15.7 Å². The van der Waals surface area contributed by atoms with Gasteiger partial charge in [0.1, 0.15) is 0 Å². The summed E-state index contributed by atoms with van der Waals surface area (Å²) in [6.07, 6.45) is 0. The van der Waals surface area contributed by atoms with Crippen LogP contribution in [-0.4, -0.2) is 24.2 Å². The lowest BCUT2D eigenvalue weighted by atomic mass is 9.87. The molecular formula is C14H19BrFNO2. The summed E-state index contributed by atoms with van der Waals surface area (Å²) in [4.78, 5) is 12.8. The SMILES string of the molecule is CC(N(C)c1ccc(C(=O)O)c(Br)c1F)C(C)(C)C. The van der Waals surface area contributed by atoms with Gasteiger partial charge < -0.3 is 10.0 Å². The third kappa shape index (κ3) is 3.26. The first-order chi connectivity index (χ1) is 8.57. The molecular weight excluding hydrogens is 313 g/mol. The molecule has 0 amide bonds. The van der Waals surface area contributed by atoms with Crippen molar-refractivity contribution in [2.24, 2.45) is 5.41 Å². The van der Waals surface area contributed by atoms with Crippen LogP contribution in [-0.2, 0) is 0 Å². The Morgan fingerprint density at radius 3 is 2.37 bits per heavy atom. The van der Waals surface area contributed by atoms with Crippen molar-refractivity contribution in [3.63, 3.8) is 0 Å². The van der Waals surface area contributed by atoms with E-state index < -0.39 is 11.8 Å². The zero-order chi connectivity index (χ0) is 15.0. The fourth-order valence-corrected chi connectivity index (χ4v) is 2.27. The van der Waals surface area contributed by atoms with Crippen LogP contribution < -0.4 is 4.90 Å². The second-order valence-electron chi connectivity index (χ2n) is 5.72. The monoisotopic (exact) mass is 331 g/mol.